The predicted octanol–water partition coefficient (Wildman–Crippen LogP) is 5.24. The summed E-state index contributed by atoms with van der Waals surface area (Å²) in [5, 5.41) is 4.47. The Balaban J connectivity index is 1.04. The molecule has 3 aromatic heterocycles. The average Bonchev–Trinajstić information content (AvgIpc) is 3.60. The third-order valence-corrected chi connectivity index (χ3v) is 7.33. The van der Waals surface area contributed by atoms with Crippen LogP contribution in [0.4, 0.5) is 5.95 Å². The van der Waals surface area contributed by atoms with Gasteiger partial charge in [0, 0.05) is 25.7 Å². The zero-order chi connectivity index (χ0) is 22.7. The molecule has 0 bridgehead atoms. The number of para-hydroxylation sites is 3. The molecule has 1 aliphatic heterocycles. The van der Waals surface area contributed by atoms with Gasteiger partial charge < -0.3 is 19.0 Å². The molecule has 7 nitrogen and oxygen atoms in total. The first-order valence-corrected chi connectivity index (χ1v) is 12.6. The zero-order valence-electron chi connectivity index (χ0n) is 18.9. The Morgan fingerprint density at radius 1 is 0.971 bits per heavy atom. The second-order valence-electron chi connectivity index (χ2n) is 8.65. The van der Waals surface area contributed by atoms with Gasteiger partial charge in [0.2, 0.25) is 5.95 Å². The van der Waals surface area contributed by atoms with Crippen molar-refractivity contribution in [2.45, 2.75) is 25.4 Å². The van der Waals surface area contributed by atoms with E-state index in [0.29, 0.717) is 19.2 Å². The van der Waals surface area contributed by atoms with Gasteiger partial charge in [-0.05, 0) is 49.2 Å². The molecule has 6 rings (SSSR count). The molecule has 8 heteroatoms. The molecule has 0 amide bonds. The second kappa shape index (κ2) is 9.48. The summed E-state index contributed by atoms with van der Waals surface area (Å²) in [6, 6.07) is 20.8. The van der Waals surface area contributed by atoms with E-state index in [1.54, 1.807) is 17.6 Å². The number of piperidine rings is 1. The maximum absolute atomic E-state index is 5.94. The number of anilines is 1. The van der Waals surface area contributed by atoms with Crippen molar-refractivity contribution < 1.29 is 9.15 Å². The minimum Gasteiger partial charge on any atom is -0.469 e. The molecule has 34 heavy (non-hydrogen) atoms. The number of thiazole rings is 1. The number of hydrogen-bond donors (Lipinski definition) is 1. The quantitative estimate of drug-likeness (QED) is 0.332. The van der Waals surface area contributed by atoms with Gasteiger partial charge in [-0.3, -0.25) is 4.90 Å². The molecule has 2 aromatic carbocycles. The highest BCUT2D eigenvalue weighted by atomic mass is 32.1. The monoisotopic (exact) mass is 473 g/mol. The summed E-state index contributed by atoms with van der Waals surface area (Å²) in [4.78, 5) is 11.9. The fraction of sp³-hybridized carbons (Fsp3) is 0.308. The molecule has 1 aliphatic rings. The zero-order valence-corrected chi connectivity index (χ0v) is 19.7. The smallest absolute Gasteiger partial charge is 0.274 e. The molecule has 5 aromatic rings. The Bertz CT molecular complexity index is 1340. The van der Waals surface area contributed by atoms with Crippen LogP contribution in [0.2, 0.25) is 0 Å². The van der Waals surface area contributed by atoms with Crippen LogP contribution in [-0.4, -0.2) is 51.7 Å². The van der Waals surface area contributed by atoms with Crippen LogP contribution < -0.4 is 10.1 Å². The van der Waals surface area contributed by atoms with E-state index in [-0.39, 0.29) is 0 Å². The highest BCUT2D eigenvalue weighted by molar-refractivity contribution is 7.20. The van der Waals surface area contributed by atoms with E-state index < -0.39 is 0 Å². The molecule has 1 saturated heterocycles. The Labute approximate surface area is 202 Å². The molecule has 0 saturated carbocycles. The molecule has 0 radical (unpaired) electrons. The summed E-state index contributed by atoms with van der Waals surface area (Å²) in [5.74, 6) is 1.84. The van der Waals surface area contributed by atoms with Crippen LogP contribution in [-0.2, 0) is 6.54 Å². The average molecular weight is 474 g/mol. The third-order valence-electron chi connectivity index (χ3n) is 6.38. The maximum Gasteiger partial charge on any atom is 0.274 e. The summed E-state index contributed by atoms with van der Waals surface area (Å²) in [5.41, 5.74) is 3.12. The van der Waals surface area contributed by atoms with Gasteiger partial charge in [0.25, 0.3) is 5.19 Å². The van der Waals surface area contributed by atoms with E-state index in [9.17, 15) is 0 Å². The fourth-order valence-corrected chi connectivity index (χ4v) is 5.40. The molecule has 0 atom stereocenters. The van der Waals surface area contributed by atoms with Gasteiger partial charge in [0.05, 0.1) is 34.1 Å². The third kappa shape index (κ3) is 4.51. The second-order valence-corrected chi connectivity index (χ2v) is 9.64. The lowest BCUT2D eigenvalue weighted by atomic mass is 10.1. The number of benzene rings is 2. The van der Waals surface area contributed by atoms with E-state index in [1.165, 1.54) is 4.70 Å². The van der Waals surface area contributed by atoms with Crippen molar-refractivity contribution in [3.05, 3.63) is 72.7 Å². The summed E-state index contributed by atoms with van der Waals surface area (Å²) < 4.78 is 14.9. The van der Waals surface area contributed by atoms with E-state index >= 15 is 0 Å². The van der Waals surface area contributed by atoms with Gasteiger partial charge in [0.1, 0.15) is 12.4 Å². The fourth-order valence-electron chi connectivity index (χ4n) is 4.56. The molecule has 0 aliphatic carbocycles. The van der Waals surface area contributed by atoms with Crippen LogP contribution in [0.3, 0.4) is 0 Å². The van der Waals surface area contributed by atoms with Crippen molar-refractivity contribution in [1.29, 1.82) is 0 Å². The predicted molar refractivity (Wildman–Crippen MR) is 136 cm³/mol. The number of nitrogens with zero attached hydrogens (tertiary/aromatic N) is 4. The molecule has 1 N–H and O–H groups in total. The van der Waals surface area contributed by atoms with Crippen LogP contribution in [0, 0.1) is 0 Å². The first-order valence-electron chi connectivity index (χ1n) is 11.8. The SMILES string of the molecule is c1coc(Cn2c(NC3CCN(CCOc4nc5ccccc5s4)CC3)nc3ccccc32)c1. The maximum atomic E-state index is 5.94. The van der Waals surface area contributed by atoms with E-state index in [0.717, 1.165) is 65.9 Å². The molecule has 4 heterocycles. The first-order chi connectivity index (χ1) is 16.8. The van der Waals surface area contributed by atoms with Gasteiger partial charge >= 0.3 is 0 Å². The number of fused-ring (bicyclic) bond motifs is 2. The van der Waals surface area contributed by atoms with Gasteiger partial charge in [-0.1, -0.05) is 35.6 Å². The standard InChI is InChI=1S/C26H27N5O2S/c1-3-9-23-21(7-1)28-25(31(23)18-20-6-5-16-32-20)27-19-11-13-30(14-12-19)15-17-33-26-29-22-8-2-4-10-24(22)34-26/h1-10,16,19H,11-15,17-18H2,(H,27,28). The number of aromatic nitrogens is 3. The van der Waals surface area contributed by atoms with Gasteiger partial charge in [0.15, 0.2) is 0 Å². The molecule has 0 unspecified atom stereocenters. The summed E-state index contributed by atoms with van der Waals surface area (Å²) in [7, 11) is 0. The van der Waals surface area contributed by atoms with Crippen molar-refractivity contribution in [2.24, 2.45) is 0 Å². The van der Waals surface area contributed by atoms with Gasteiger partial charge in [-0.2, -0.15) is 0 Å². The molecular weight excluding hydrogens is 446 g/mol. The number of likely N-dealkylation sites (tertiary alicyclic amines) is 1. The van der Waals surface area contributed by atoms with Crippen molar-refractivity contribution in [2.75, 3.05) is 31.6 Å². The van der Waals surface area contributed by atoms with E-state index in [1.807, 2.05) is 36.4 Å². The molecular formula is C26H27N5O2S. The van der Waals surface area contributed by atoms with Gasteiger partial charge in [-0.15, -0.1) is 0 Å². The van der Waals surface area contributed by atoms with E-state index in [2.05, 4.69) is 44.0 Å². The Morgan fingerprint density at radius 2 is 1.79 bits per heavy atom. The minimum absolute atomic E-state index is 0.397. The van der Waals surface area contributed by atoms with Crippen molar-refractivity contribution >= 4 is 38.5 Å². The molecule has 174 valence electrons. The highest BCUT2D eigenvalue weighted by Gasteiger charge is 2.22. The van der Waals surface area contributed by atoms with Crippen molar-refractivity contribution in [1.82, 2.24) is 19.4 Å². The Kier molecular flexibility index (Phi) is 5.91. The number of hydrogen-bond acceptors (Lipinski definition) is 7. The Hall–Kier alpha value is -3.36. The van der Waals surface area contributed by atoms with Crippen LogP contribution in [0.15, 0.2) is 71.3 Å². The van der Waals surface area contributed by atoms with Crippen molar-refractivity contribution in [3.8, 4) is 5.19 Å². The lowest BCUT2D eigenvalue weighted by Gasteiger charge is -2.32. The topological polar surface area (TPSA) is 68.4 Å². The van der Waals surface area contributed by atoms with Gasteiger partial charge in [-0.25, -0.2) is 9.97 Å². The highest BCUT2D eigenvalue weighted by Crippen LogP contribution is 2.27. The van der Waals surface area contributed by atoms with Crippen LogP contribution in [0.1, 0.15) is 18.6 Å². The number of furan rings is 1. The molecule has 1 fully saturated rings. The minimum atomic E-state index is 0.397. The van der Waals surface area contributed by atoms with E-state index in [4.69, 9.17) is 14.1 Å². The van der Waals surface area contributed by atoms with Crippen molar-refractivity contribution in [3.63, 3.8) is 0 Å². The normalized spacial score (nSPS) is 15.3. The lowest BCUT2D eigenvalue weighted by Crippen LogP contribution is -2.41. The Morgan fingerprint density at radius 3 is 2.62 bits per heavy atom. The van der Waals surface area contributed by atoms with Crippen LogP contribution in [0.5, 0.6) is 5.19 Å². The first kappa shape index (κ1) is 21.2. The largest absolute Gasteiger partial charge is 0.469 e. The summed E-state index contributed by atoms with van der Waals surface area (Å²) in [6.45, 7) is 4.33. The number of nitrogens with one attached hydrogen (secondary N) is 1. The van der Waals surface area contributed by atoms with Crippen LogP contribution >= 0.6 is 11.3 Å². The molecule has 0 spiro atoms. The number of ether oxygens (including phenoxy) is 1. The lowest BCUT2D eigenvalue weighted by molar-refractivity contribution is 0.177. The summed E-state index contributed by atoms with van der Waals surface area (Å²) in [6.07, 6.45) is 3.87. The number of rotatable bonds is 8. The summed E-state index contributed by atoms with van der Waals surface area (Å²) >= 11 is 1.61. The number of imidazole rings is 1. The van der Waals surface area contributed by atoms with Crippen LogP contribution in [0.25, 0.3) is 21.3 Å².